The highest BCUT2D eigenvalue weighted by atomic mass is 32.3. The van der Waals surface area contributed by atoms with Crippen molar-refractivity contribution >= 4 is 21.7 Å². The molecule has 0 saturated carbocycles. The topological polar surface area (TPSA) is 142 Å². The maximum Gasteiger partial charge on any atom is 0.397 e. The first kappa shape index (κ1) is 14.9. The van der Waals surface area contributed by atoms with Crippen LogP contribution in [0.4, 0.5) is 0 Å². The summed E-state index contributed by atoms with van der Waals surface area (Å²) < 4.78 is 59.3. The summed E-state index contributed by atoms with van der Waals surface area (Å²) >= 11 is -2.27. The van der Waals surface area contributed by atoms with Crippen LogP contribution in [0.2, 0.25) is 0 Å². The Hall–Kier alpha value is -0.140. The van der Waals surface area contributed by atoms with Crippen LogP contribution in [0.25, 0.3) is 0 Å². The van der Waals surface area contributed by atoms with Gasteiger partial charge in [-0.1, -0.05) is 0 Å². The zero-order valence-electron chi connectivity index (χ0n) is 8.55. The van der Waals surface area contributed by atoms with E-state index >= 15 is 0 Å². The van der Waals surface area contributed by atoms with Crippen molar-refractivity contribution in [2.24, 2.45) is 0 Å². The summed E-state index contributed by atoms with van der Waals surface area (Å²) in [6.07, 6.45) is -1.67. The monoisotopic (exact) mass is 291 g/mol. The van der Waals surface area contributed by atoms with E-state index in [1.807, 2.05) is 0 Å². The molecule has 4 N–H and O–H groups in total. The van der Waals surface area contributed by atoms with Gasteiger partial charge in [0.1, 0.15) is 0 Å². The van der Waals surface area contributed by atoms with Crippen LogP contribution in [0.15, 0.2) is 0 Å². The van der Waals surface area contributed by atoms with E-state index in [9.17, 15) is 17.7 Å². The summed E-state index contributed by atoms with van der Waals surface area (Å²) in [6, 6.07) is -0.720. The largest absolute Gasteiger partial charge is 0.397 e. The molecule has 1 aliphatic rings. The number of hydrogen-bond acceptors (Lipinski definition) is 6. The van der Waals surface area contributed by atoms with Gasteiger partial charge in [-0.3, -0.25) is 9.11 Å². The van der Waals surface area contributed by atoms with Crippen molar-refractivity contribution in [1.82, 2.24) is 4.72 Å². The normalized spacial score (nSPS) is 32.3. The fourth-order valence-electron chi connectivity index (χ4n) is 1.37. The first-order chi connectivity index (χ1) is 7.78. The summed E-state index contributed by atoms with van der Waals surface area (Å²) in [6.45, 7) is -0.502. The van der Waals surface area contributed by atoms with Gasteiger partial charge in [-0.2, -0.15) is 8.42 Å². The van der Waals surface area contributed by atoms with E-state index in [0.29, 0.717) is 0 Å². The number of rotatable bonds is 5. The van der Waals surface area contributed by atoms with Crippen LogP contribution in [0.5, 0.6) is 0 Å². The van der Waals surface area contributed by atoms with Gasteiger partial charge in [0, 0.05) is 6.42 Å². The fourth-order valence-corrected chi connectivity index (χ4v) is 2.18. The zero-order valence-corrected chi connectivity index (χ0v) is 10.2. The van der Waals surface area contributed by atoms with Crippen LogP contribution in [0.3, 0.4) is 0 Å². The molecule has 0 aromatic carbocycles. The lowest BCUT2D eigenvalue weighted by atomic mass is 10.0. The second kappa shape index (κ2) is 6.15. The standard InChI is InChI=1S/C6H13NO8S2/c8-6-1-4(2-15-17(11,12)13)14-3-5(6)7-16(9)10/h4-8H,1-3H2,(H,9,10)(H,11,12,13). The molecule has 17 heavy (non-hydrogen) atoms. The molecule has 0 aromatic heterocycles. The molecule has 0 aromatic rings. The summed E-state index contributed by atoms with van der Waals surface area (Å²) in [5.74, 6) is 0. The summed E-state index contributed by atoms with van der Waals surface area (Å²) in [5, 5.41) is 9.56. The van der Waals surface area contributed by atoms with Crippen molar-refractivity contribution < 1.29 is 35.8 Å². The third-order valence-electron chi connectivity index (χ3n) is 2.14. The molecule has 4 unspecified atom stereocenters. The third-order valence-corrected chi connectivity index (χ3v) is 3.07. The Morgan fingerprint density at radius 3 is 2.65 bits per heavy atom. The van der Waals surface area contributed by atoms with Crippen molar-refractivity contribution in [1.29, 1.82) is 0 Å². The minimum Gasteiger partial charge on any atom is -0.391 e. The Balaban J connectivity index is 2.39. The molecule has 1 rings (SSSR count). The molecule has 1 fully saturated rings. The predicted molar refractivity (Wildman–Crippen MR) is 55.6 cm³/mol. The molecule has 1 saturated heterocycles. The first-order valence-electron chi connectivity index (χ1n) is 4.56. The zero-order chi connectivity index (χ0) is 13.1. The van der Waals surface area contributed by atoms with Gasteiger partial charge in [0.15, 0.2) is 0 Å². The Labute approximate surface area is 100 Å². The van der Waals surface area contributed by atoms with Gasteiger partial charge in [0.05, 0.1) is 31.5 Å². The highest BCUT2D eigenvalue weighted by molar-refractivity contribution is 7.80. The average Bonchev–Trinajstić information content (AvgIpc) is 2.17. The summed E-state index contributed by atoms with van der Waals surface area (Å²) in [4.78, 5) is 0. The van der Waals surface area contributed by atoms with Crippen molar-refractivity contribution in [3.63, 3.8) is 0 Å². The number of nitrogens with one attached hydrogen (secondary N) is 1. The van der Waals surface area contributed by atoms with Crippen molar-refractivity contribution in [3.05, 3.63) is 0 Å². The number of aliphatic hydroxyl groups excluding tert-OH is 1. The van der Waals surface area contributed by atoms with Gasteiger partial charge in [-0.25, -0.2) is 13.1 Å². The SMILES string of the molecule is O=S(O)NC1COC(COS(=O)(=O)O)CC1O. The van der Waals surface area contributed by atoms with E-state index in [0.717, 1.165) is 0 Å². The molecular formula is C6H13NO8S2. The molecule has 0 spiro atoms. The lowest BCUT2D eigenvalue weighted by Crippen LogP contribution is -2.51. The van der Waals surface area contributed by atoms with Crippen molar-refractivity contribution in [2.75, 3.05) is 13.2 Å². The van der Waals surface area contributed by atoms with Gasteiger partial charge in [-0.15, -0.1) is 0 Å². The Bertz CT molecular complexity index is 370. The Morgan fingerprint density at radius 2 is 2.18 bits per heavy atom. The number of ether oxygens (including phenoxy) is 1. The van der Waals surface area contributed by atoms with Crippen LogP contribution < -0.4 is 4.72 Å². The minimum absolute atomic E-state index is 0.0182. The molecule has 0 radical (unpaired) electrons. The second-order valence-corrected chi connectivity index (χ2v) is 5.27. The summed E-state index contributed by atoms with van der Waals surface area (Å²) in [7, 11) is -4.54. The summed E-state index contributed by atoms with van der Waals surface area (Å²) in [5.41, 5.74) is 0. The molecule has 0 aliphatic carbocycles. The van der Waals surface area contributed by atoms with E-state index in [1.165, 1.54) is 0 Å². The van der Waals surface area contributed by atoms with Crippen LogP contribution in [0.1, 0.15) is 6.42 Å². The molecular weight excluding hydrogens is 278 g/mol. The molecule has 0 bridgehead atoms. The maximum absolute atomic E-state index is 10.4. The van der Waals surface area contributed by atoms with Gasteiger partial charge in [0.25, 0.3) is 0 Å². The van der Waals surface area contributed by atoms with Gasteiger partial charge in [0.2, 0.25) is 11.3 Å². The molecule has 1 heterocycles. The molecule has 0 amide bonds. The van der Waals surface area contributed by atoms with Crippen molar-refractivity contribution in [3.8, 4) is 0 Å². The second-order valence-electron chi connectivity index (χ2n) is 3.44. The van der Waals surface area contributed by atoms with Crippen LogP contribution in [0, 0.1) is 0 Å². The molecule has 102 valence electrons. The lowest BCUT2D eigenvalue weighted by Gasteiger charge is -2.32. The van der Waals surface area contributed by atoms with Crippen LogP contribution in [-0.4, -0.2) is 58.3 Å². The predicted octanol–water partition coefficient (Wildman–Crippen LogP) is -1.95. The quantitative estimate of drug-likeness (QED) is 0.338. The minimum atomic E-state index is -4.54. The van der Waals surface area contributed by atoms with Gasteiger partial charge < -0.3 is 9.84 Å². The molecule has 1 aliphatic heterocycles. The lowest BCUT2D eigenvalue weighted by molar-refractivity contribution is -0.0755. The third kappa shape index (κ3) is 5.83. The average molecular weight is 291 g/mol. The van der Waals surface area contributed by atoms with Gasteiger partial charge >= 0.3 is 10.4 Å². The fraction of sp³-hybridized carbons (Fsp3) is 1.00. The number of hydrogen-bond donors (Lipinski definition) is 4. The van der Waals surface area contributed by atoms with Crippen LogP contribution in [-0.2, 0) is 30.6 Å². The van der Waals surface area contributed by atoms with E-state index in [4.69, 9.17) is 13.8 Å². The molecule has 9 nitrogen and oxygen atoms in total. The first-order valence-corrected chi connectivity index (χ1v) is 7.03. The number of aliphatic hydroxyl groups is 1. The Morgan fingerprint density at radius 1 is 1.53 bits per heavy atom. The van der Waals surface area contributed by atoms with E-state index in [1.54, 1.807) is 0 Å². The van der Waals surface area contributed by atoms with Gasteiger partial charge in [-0.05, 0) is 0 Å². The van der Waals surface area contributed by atoms with Crippen molar-refractivity contribution in [2.45, 2.75) is 24.7 Å². The van der Waals surface area contributed by atoms with E-state index < -0.39 is 46.5 Å². The maximum atomic E-state index is 10.4. The smallest absolute Gasteiger partial charge is 0.391 e. The van der Waals surface area contributed by atoms with E-state index in [-0.39, 0.29) is 13.0 Å². The van der Waals surface area contributed by atoms with E-state index in [2.05, 4.69) is 8.91 Å². The molecule has 11 heteroatoms. The molecule has 4 atom stereocenters. The highest BCUT2D eigenvalue weighted by Gasteiger charge is 2.31. The Kier molecular flexibility index (Phi) is 5.40. The van der Waals surface area contributed by atoms with Crippen LogP contribution >= 0.6 is 0 Å². The highest BCUT2D eigenvalue weighted by Crippen LogP contribution is 2.15.